The quantitative estimate of drug-likeness (QED) is 0.764. The monoisotopic (exact) mass is 322 g/mol. The lowest BCUT2D eigenvalue weighted by Gasteiger charge is -2.09. The molecule has 0 radical (unpaired) electrons. The van der Waals surface area contributed by atoms with Crippen LogP contribution in [0.15, 0.2) is 58.3 Å². The van der Waals surface area contributed by atoms with E-state index < -0.39 is 0 Å². The van der Waals surface area contributed by atoms with E-state index in [9.17, 15) is 10.1 Å². The zero-order valence-corrected chi connectivity index (χ0v) is 12.5. The normalized spacial score (nSPS) is 10.0. The second-order valence-corrected chi connectivity index (χ2v) is 5.48. The Morgan fingerprint density at radius 1 is 1.13 bits per heavy atom. The van der Waals surface area contributed by atoms with Gasteiger partial charge in [0.25, 0.3) is 11.9 Å². The molecular formula is C15H10N6OS. The van der Waals surface area contributed by atoms with Crippen LogP contribution in [0.4, 0.5) is 5.95 Å². The predicted octanol–water partition coefficient (Wildman–Crippen LogP) is 2.47. The highest BCUT2D eigenvalue weighted by Crippen LogP contribution is 2.32. The Hall–Kier alpha value is -3.18. The molecule has 23 heavy (non-hydrogen) atoms. The fourth-order valence-corrected chi connectivity index (χ4v) is 2.92. The molecule has 0 spiro atoms. The second-order valence-electron chi connectivity index (χ2n) is 4.40. The molecule has 0 aliphatic carbocycles. The molecule has 0 bridgehead atoms. The van der Waals surface area contributed by atoms with Gasteiger partial charge in [-0.1, -0.05) is 41.1 Å². The zero-order valence-electron chi connectivity index (χ0n) is 11.7. The van der Waals surface area contributed by atoms with Gasteiger partial charge in [0, 0.05) is 9.79 Å². The third kappa shape index (κ3) is 3.36. The number of aromatic amines is 1. The zero-order chi connectivity index (χ0) is 16.1. The summed E-state index contributed by atoms with van der Waals surface area (Å²) in [5.74, 6) is -0.240. The number of hydrogen-bond donors (Lipinski definition) is 2. The van der Waals surface area contributed by atoms with Gasteiger partial charge in [-0.3, -0.25) is 10.1 Å². The third-order valence-corrected chi connectivity index (χ3v) is 4.08. The fraction of sp³-hybridized carbons (Fsp3) is 0. The number of benzene rings is 2. The Labute approximate surface area is 135 Å². The minimum Gasteiger partial charge on any atom is -0.288 e. The first-order valence-corrected chi connectivity index (χ1v) is 7.40. The van der Waals surface area contributed by atoms with Crippen LogP contribution >= 0.6 is 11.8 Å². The summed E-state index contributed by atoms with van der Waals surface area (Å²) in [6.07, 6.45) is 0. The molecule has 0 atom stereocenters. The van der Waals surface area contributed by atoms with Gasteiger partial charge >= 0.3 is 0 Å². The Morgan fingerprint density at radius 2 is 1.87 bits per heavy atom. The Kier molecular flexibility index (Phi) is 4.31. The lowest BCUT2D eigenvalue weighted by atomic mass is 10.2. The van der Waals surface area contributed by atoms with Crippen LogP contribution in [0.25, 0.3) is 0 Å². The number of carbonyl (C=O) groups is 1. The van der Waals surface area contributed by atoms with Gasteiger partial charge < -0.3 is 0 Å². The minimum atomic E-state index is -0.344. The average molecular weight is 322 g/mol. The van der Waals surface area contributed by atoms with Gasteiger partial charge in [-0.15, -0.1) is 5.10 Å². The minimum absolute atomic E-state index is 0.104. The molecule has 0 saturated heterocycles. The van der Waals surface area contributed by atoms with Crippen molar-refractivity contribution in [1.82, 2.24) is 20.6 Å². The number of anilines is 1. The van der Waals surface area contributed by atoms with Gasteiger partial charge in [-0.25, -0.2) is 0 Å². The molecule has 0 fully saturated rings. The van der Waals surface area contributed by atoms with E-state index in [4.69, 9.17) is 0 Å². The Balaban J connectivity index is 1.89. The molecule has 3 rings (SSSR count). The summed E-state index contributed by atoms with van der Waals surface area (Å²) in [5.41, 5.74) is 1.03. The van der Waals surface area contributed by atoms with Crippen molar-refractivity contribution in [2.24, 2.45) is 0 Å². The molecular weight excluding hydrogens is 312 g/mol. The SMILES string of the molecule is N#Cc1ccccc1Sc1ccccc1C(=O)Nc1nn[nH]n1. The molecule has 0 unspecified atom stereocenters. The van der Waals surface area contributed by atoms with Gasteiger partial charge in [0.05, 0.1) is 11.1 Å². The summed E-state index contributed by atoms with van der Waals surface area (Å²) < 4.78 is 0. The van der Waals surface area contributed by atoms with Gasteiger partial charge in [0.1, 0.15) is 6.07 Å². The van der Waals surface area contributed by atoms with E-state index in [2.05, 4.69) is 32.0 Å². The summed E-state index contributed by atoms with van der Waals surface area (Å²) in [4.78, 5) is 13.9. The van der Waals surface area contributed by atoms with Crippen molar-refractivity contribution in [3.8, 4) is 6.07 Å². The van der Waals surface area contributed by atoms with E-state index in [0.717, 1.165) is 9.79 Å². The largest absolute Gasteiger partial charge is 0.288 e. The van der Waals surface area contributed by atoms with Crippen LogP contribution in [-0.2, 0) is 0 Å². The van der Waals surface area contributed by atoms with Crippen molar-refractivity contribution in [2.75, 3.05) is 5.32 Å². The van der Waals surface area contributed by atoms with Crippen molar-refractivity contribution in [3.63, 3.8) is 0 Å². The van der Waals surface area contributed by atoms with Crippen LogP contribution in [0.5, 0.6) is 0 Å². The van der Waals surface area contributed by atoms with Crippen molar-refractivity contribution in [1.29, 1.82) is 5.26 Å². The molecule has 2 aromatic carbocycles. The van der Waals surface area contributed by atoms with Crippen molar-refractivity contribution in [3.05, 3.63) is 59.7 Å². The number of nitriles is 1. The first-order valence-electron chi connectivity index (χ1n) is 6.59. The molecule has 0 aliphatic rings. The molecule has 7 nitrogen and oxygen atoms in total. The summed E-state index contributed by atoms with van der Waals surface area (Å²) in [5, 5.41) is 24.8. The number of rotatable bonds is 4. The van der Waals surface area contributed by atoms with E-state index in [1.165, 1.54) is 11.8 Å². The van der Waals surface area contributed by atoms with Crippen LogP contribution in [0.2, 0.25) is 0 Å². The standard InChI is InChI=1S/C15H10N6OS/c16-9-10-5-1-3-7-12(10)23-13-8-4-2-6-11(13)14(22)17-15-18-20-21-19-15/h1-8H,(H2,17,18,19,20,21,22). The predicted molar refractivity (Wildman–Crippen MR) is 83.9 cm³/mol. The number of hydrogen-bond acceptors (Lipinski definition) is 6. The smallest absolute Gasteiger partial charge is 0.270 e. The lowest BCUT2D eigenvalue weighted by Crippen LogP contribution is -2.14. The van der Waals surface area contributed by atoms with Crippen molar-refractivity contribution >= 4 is 23.6 Å². The van der Waals surface area contributed by atoms with Crippen LogP contribution in [-0.4, -0.2) is 26.5 Å². The fourth-order valence-electron chi connectivity index (χ4n) is 1.89. The second kappa shape index (κ2) is 6.72. The average Bonchev–Trinajstić information content (AvgIpc) is 3.09. The molecule has 1 aromatic heterocycles. The molecule has 0 aliphatic heterocycles. The highest BCUT2D eigenvalue weighted by atomic mass is 32.2. The van der Waals surface area contributed by atoms with E-state index >= 15 is 0 Å². The number of amides is 1. The number of aromatic nitrogens is 4. The van der Waals surface area contributed by atoms with Crippen molar-refractivity contribution in [2.45, 2.75) is 9.79 Å². The van der Waals surface area contributed by atoms with E-state index in [1.807, 2.05) is 24.3 Å². The van der Waals surface area contributed by atoms with Gasteiger partial charge in [-0.05, 0) is 29.5 Å². The molecule has 1 heterocycles. The van der Waals surface area contributed by atoms with Crippen LogP contribution in [0.1, 0.15) is 15.9 Å². The van der Waals surface area contributed by atoms with Gasteiger partial charge in [-0.2, -0.15) is 10.5 Å². The van der Waals surface area contributed by atoms with Crippen LogP contribution in [0.3, 0.4) is 0 Å². The third-order valence-electron chi connectivity index (χ3n) is 2.93. The van der Waals surface area contributed by atoms with Gasteiger partial charge in [0.15, 0.2) is 0 Å². The molecule has 2 N–H and O–H groups in total. The van der Waals surface area contributed by atoms with E-state index in [0.29, 0.717) is 11.1 Å². The Bertz CT molecular complexity index is 872. The van der Waals surface area contributed by atoms with Gasteiger partial charge in [0.2, 0.25) is 0 Å². The van der Waals surface area contributed by atoms with E-state index in [1.54, 1.807) is 24.3 Å². The maximum absolute atomic E-state index is 12.4. The summed E-state index contributed by atoms with van der Waals surface area (Å²) >= 11 is 1.36. The molecule has 0 saturated carbocycles. The summed E-state index contributed by atoms with van der Waals surface area (Å²) in [6, 6.07) is 16.5. The number of nitrogens with one attached hydrogen (secondary N) is 2. The van der Waals surface area contributed by atoms with Crippen LogP contribution < -0.4 is 5.32 Å². The highest BCUT2D eigenvalue weighted by molar-refractivity contribution is 7.99. The lowest BCUT2D eigenvalue weighted by molar-refractivity contribution is 0.102. The van der Waals surface area contributed by atoms with E-state index in [-0.39, 0.29) is 11.9 Å². The first-order chi connectivity index (χ1) is 11.3. The molecule has 112 valence electrons. The Morgan fingerprint density at radius 3 is 2.61 bits per heavy atom. The highest BCUT2D eigenvalue weighted by Gasteiger charge is 2.14. The molecule has 3 aromatic rings. The molecule has 8 heteroatoms. The number of carbonyl (C=O) groups excluding carboxylic acids is 1. The summed E-state index contributed by atoms with van der Waals surface area (Å²) in [6.45, 7) is 0. The maximum Gasteiger partial charge on any atom is 0.270 e. The number of tetrazole rings is 1. The van der Waals surface area contributed by atoms with Crippen molar-refractivity contribution < 1.29 is 4.79 Å². The summed E-state index contributed by atoms with van der Waals surface area (Å²) in [7, 11) is 0. The number of H-pyrrole nitrogens is 1. The number of nitrogens with zero attached hydrogens (tertiary/aromatic N) is 4. The van der Waals surface area contributed by atoms with Crippen LogP contribution in [0, 0.1) is 11.3 Å². The molecule has 1 amide bonds. The topological polar surface area (TPSA) is 107 Å². The first kappa shape index (κ1) is 14.7. The maximum atomic E-state index is 12.4.